The van der Waals surface area contributed by atoms with Crippen LogP contribution in [0, 0.1) is 0 Å². The average Bonchev–Trinajstić information content (AvgIpc) is 3.47. The molecule has 0 unspecified atom stereocenters. The Balaban J connectivity index is 1.41. The second-order valence-corrected chi connectivity index (χ2v) is 10.3. The van der Waals surface area contributed by atoms with Crippen molar-refractivity contribution in [2.45, 2.75) is 43.1 Å². The first-order valence-electron chi connectivity index (χ1n) is 13.2. The van der Waals surface area contributed by atoms with Crippen molar-refractivity contribution in [3.63, 3.8) is 0 Å². The molecule has 2 saturated heterocycles. The minimum atomic E-state index is -1.02. The molecule has 0 aliphatic carbocycles. The van der Waals surface area contributed by atoms with E-state index in [1.54, 1.807) is 12.1 Å². The highest BCUT2D eigenvalue weighted by molar-refractivity contribution is 5.92. The second kappa shape index (κ2) is 10.5. The molecule has 0 aromatic heterocycles. The molecular formula is C31H36N2O3. The Labute approximate surface area is 214 Å². The van der Waals surface area contributed by atoms with Gasteiger partial charge in [0.1, 0.15) is 11.2 Å². The standard InChI is InChI=1S/C31H36N2O3/c34-28-16-8-7-15-27(28)30(36)17-22-32(23-18-30)24-19-31(25-11-3-1-4-12-25,26-13-5-2-6-14-26)29(35)33-20-9-10-21-33/h1-8,11-16,34,36H,9-10,17-24H2. The number of amides is 1. The molecule has 2 aliphatic heterocycles. The van der Waals surface area contributed by atoms with E-state index in [0.717, 1.165) is 43.6 Å². The predicted molar refractivity (Wildman–Crippen MR) is 142 cm³/mol. The van der Waals surface area contributed by atoms with E-state index < -0.39 is 11.0 Å². The van der Waals surface area contributed by atoms with Gasteiger partial charge >= 0.3 is 0 Å². The molecule has 2 heterocycles. The quantitative estimate of drug-likeness (QED) is 0.511. The van der Waals surface area contributed by atoms with Crippen LogP contribution in [0.4, 0.5) is 0 Å². The lowest BCUT2D eigenvalue weighted by molar-refractivity contribution is -0.135. The van der Waals surface area contributed by atoms with E-state index in [1.165, 1.54) is 0 Å². The number of phenolic OH excluding ortho intramolecular Hbond substituents is 1. The summed E-state index contributed by atoms with van der Waals surface area (Å²) in [5, 5.41) is 21.6. The smallest absolute Gasteiger partial charge is 0.237 e. The number of nitrogens with zero attached hydrogens (tertiary/aromatic N) is 2. The molecule has 1 amide bonds. The van der Waals surface area contributed by atoms with Crippen LogP contribution in [0.25, 0.3) is 0 Å². The van der Waals surface area contributed by atoms with E-state index in [4.69, 9.17) is 0 Å². The average molecular weight is 485 g/mol. The fraction of sp³-hybridized carbons (Fsp3) is 0.387. The van der Waals surface area contributed by atoms with Crippen molar-refractivity contribution in [1.82, 2.24) is 9.80 Å². The topological polar surface area (TPSA) is 64.0 Å². The zero-order valence-corrected chi connectivity index (χ0v) is 20.9. The van der Waals surface area contributed by atoms with E-state index in [1.807, 2.05) is 53.4 Å². The van der Waals surface area contributed by atoms with Crippen molar-refractivity contribution in [3.05, 3.63) is 102 Å². The maximum Gasteiger partial charge on any atom is 0.237 e. The molecule has 0 atom stereocenters. The third-order valence-electron chi connectivity index (χ3n) is 8.18. The Kier molecular flexibility index (Phi) is 7.13. The van der Waals surface area contributed by atoms with Crippen LogP contribution in [0.3, 0.4) is 0 Å². The molecule has 0 radical (unpaired) electrons. The van der Waals surface area contributed by atoms with Gasteiger partial charge in [-0.3, -0.25) is 4.79 Å². The summed E-state index contributed by atoms with van der Waals surface area (Å²) in [6, 6.07) is 27.6. The Hall–Kier alpha value is -3.15. The Morgan fingerprint density at radius 1 is 0.778 bits per heavy atom. The Morgan fingerprint density at radius 2 is 1.31 bits per heavy atom. The molecule has 5 rings (SSSR count). The Bertz CT molecular complexity index is 1110. The van der Waals surface area contributed by atoms with Gasteiger partial charge in [0, 0.05) is 31.7 Å². The van der Waals surface area contributed by atoms with Crippen LogP contribution >= 0.6 is 0 Å². The lowest BCUT2D eigenvalue weighted by atomic mass is 9.70. The highest BCUT2D eigenvalue weighted by Gasteiger charge is 2.45. The summed E-state index contributed by atoms with van der Waals surface area (Å²) in [6.45, 7) is 3.81. The zero-order chi connectivity index (χ0) is 25.0. The van der Waals surface area contributed by atoms with Gasteiger partial charge in [0.15, 0.2) is 0 Å². The Morgan fingerprint density at radius 3 is 1.86 bits per heavy atom. The highest BCUT2D eigenvalue weighted by atomic mass is 16.3. The van der Waals surface area contributed by atoms with Crippen molar-refractivity contribution in [2.24, 2.45) is 0 Å². The maximum atomic E-state index is 14.3. The van der Waals surface area contributed by atoms with Crippen LogP contribution in [0.1, 0.15) is 48.8 Å². The third kappa shape index (κ3) is 4.65. The normalized spacial score (nSPS) is 18.3. The van der Waals surface area contributed by atoms with Gasteiger partial charge < -0.3 is 20.0 Å². The van der Waals surface area contributed by atoms with E-state index in [-0.39, 0.29) is 11.7 Å². The summed E-state index contributed by atoms with van der Waals surface area (Å²) in [7, 11) is 0. The molecule has 0 spiro atoms. The van der Waals surface area contributed by atoms with Gasteiger partial charge in [0.25, 0.3) is 0 Å². The fourth-order valence-corrected chi connectivity index (χ4v) is 6.05. The molecule has 2 fully saturated rings. The lowest BCUT2D eigenvalue weighted by Gasteiger charge is -2.42. The number of likely N-dealkylation sites (tertiary alicyclic amines) is 2. The third-order valence-corrected chi connectivity index (χ3v) is 8.18. The zero-order valence-electron chi connectivity index (χ0n) is 20.9. The number of hydrogen-bond donors (Lipinski definition) is 2. The molecule has 2 N–H and O–H groups in total. The summed E-state index contributed by atoms with van der Waals surface area (Å²) in [5.74, 6) is 0.344. The number of hydrogen-bond acceptors (Lipinski definition) is 4. The van der Waals surface area contributed by atoms with Gasteiger partial charge in [-0.2, -0.15) is 0 Å². The van der Waals surface area contributed by atoms with Gasteiger partial charge in [-0.05, 0) is 55.8 Å². The van der Waals surface area contributed by atoms with Gasteiger partial charge in [0.05, 0.1) is 5.60 Å². The molecule has 36 heavy (non-hydrogen) atoms. The molecule has 5 heteroatoms. The largest absolute Gasteiger partial charge is 0.508 e. The highest BCUT2D eigenvalue weighted by Crippen LogP contribution is 2.41. The monoisotopic (exact) mass is 484 g/mol. The van der Waals surface area contributed by atoms with Crippen LogP contribution in [-0.4, -0.2) is 58.6 Å². The minimum absolute atomic E-state index is 0.150. The van der Waals surface area contributed by atoms with Crippen LogP contribution < -0.4 is 0 Å². The molecule has 0 bridgehead atoms. The first kappa shape index (κ1) is 24.5. The molecule has 188 valence electrons. The lowest BCUT2D eigenvalue weighted by Crippen LogP contribution is -2.50. The van der Waals surface area contributed by atoms with Gasteiger partial charge in [-0.15, -0.1) is 0 Å². The van der Waals surface area contributed by atoms with E-state index >= 15 is 0 Å². The van der Waals surface area contributed by atoms with Crippen molar-refractivity contribution in [3.8, 4) is 5.75 Å². The number of rotatable bonds is 7. The molecule has 2 aliphatic rings. The van der Waals surface area contributed by atoms with Crippen molar-refractivity contribution in [2.75, 3.05) is 32.7 Å². The summed E-state index contributed by atoms with van der Waals surface area (Å²) in [4.78, 5) is 18.7. The number of phenols is 1. The van der Waals surface area contributed by atoms with E-state index in [9.17, 15) is 15.0 Å². The van der Waals surface area contributed by atoms with Crippen molar-refractivity contribution in [1.29, 1.82) is 0 Å². The number of piperidine rings is 1. The van der Waals surface area contributed by atoms with E-state index in [2.05, 4.69) is 29.2 Å². The molecule has 3 aromatic carbocycles. The number of para-hydroxylation sites is 1. The number of aliphatic hydroxyl groups is 1. The van der Waals surface area contributed by atoms with Crippen LogP contribution in [-0.2, 0) is 15.8 Å². The molecular weight excluding hydrogens is 448 g/mol. The van der Waals surface area contributed by atoms with Gasteiger partial charge in [0.2, 0.25) is 5.91 Å². The van der Waals surface area contributed by atoms with Crippen molar-refractivity contribution < 1.29 is 15.0 Å². The fourth-order valence-electron chi connectivity index (χ4n) is 6.05. The molecule has 5 nitrogen and oxygen atoms in total. The summed E-state index contributed by atoms with van der Waals surface area (Å²) < 4.78 is 0. The number of carbonyl (C=O) groups is 1. The maximum absolute atomic E-state index is 14.3. The predicted octanol–water partition coefficient (Wildman–Crippen LogP) is 4.67. The summed E-state index contributed by atoms with van der Waals surface area (Å²) >= 11 is 0. The van der Waals surface area contributed by atoms with Crippen LogP contribution in [0.15, 0.2) is 84.9 Å². The van der Waals surface area contributed by atoms with Gasteiger partial charge in [-0.25, -0.2) is 0 Å². The molecule has 0 saturated carbocycles. The van der Waals surface area contributed by atoms with E-state index in [0.29, 0.717) is 37.9 Å². The van der Waals surface area contributed by atoms with Crippen LogP contribution in [0.2, 0.25) is 0 Å². The van der Waals surface area contributed by atoms with Crippen molar-refractivity contribution >= 4 is 5.91 Å². The SMILES string of the molecule is O=C(N1CCCC1)C(CCN1CCC(O)(c2ccccc2O)CC1)(c1ccccc1)c1ccccc1. The summed E-state index contributed by atoms with van der Waals surface area (Å²) in [6.07, 6.45) is 3.89. The molecule has 3 aromatic rings. The van der Waals surface area contributed by atoms with Crippen LogP contribution in [0.5, 0.6) is 5.75 Å². The summed E-state index contributed by atoms with van der Waals surface area (Å²) in [5.41, 5.74) is 0.907. The minimum Gasteiger partial charge on any atom is -0.508 e. The first-order valence-corrected chi connectivity index (χ1v) is 13.2. The van der Waals surface area contributed by atoms with Gasteiger partial charge in [-0.1, -0.05) is 78.9 Å². The second-order valence-electron chi connectivity index (χ2n) is 10.3. The number of carbonyl (C=O) groups excluding carboxylic acids is 1. The number of benzene rings is 3. The number of aromatic hydroxyl groups is 1. The first-order chi connectivity index (χ1) is 17.5.